The van der Waals surface area contributed by atoms with E-state index in [1.807, 2.05) is 12.1 Å². The van der Waals surface area contributed by atoms with Crippen LogP contribution in [0.15, 0.2) is 54.7 Å². The molecular formula is C23H21N3O6. The summed E-state index contributed by atoms with van der Waals surface area (Å²) in [5.41, 5.74) is 7.60. The van der Waals surface area contributed by atoms with Gasteiger partial charge >= 0.3 is 5.97 Å². The maximum atomic E-state index is 12.5. The van der Waals surface area contributed by atoms with Gasteiger partial charge in [0.15, 0.2) is 6.61 Å². The summed E-state index contributed by atoms with van der Waals surface area (Å²) in [4.78, 5) is 35.3. The predicted octanol–water partition coefficient (Wildman–Crippen LogP) is 2.52. The van der Waals surface area contributed by atoms with Gasteiger partial charge in [-0.25, -0.2) is 4.79 Å². The molecule has 3 aromatic rings. The SMILES string of the molecule is COc1ccc(-n2cc(C(=O)O)c3c2[C@@H](c2ccc(OCC(N)=O)cc2)CC(=O)N3)cc1. The Morgan fingerprint density at radius 2 is 1.78 bits per heavy atom. The molecule has 32 heavy (non-hydrogen) atoms. The van der Waals surface area contributed by atoms with E-state index in [9.17, 15) is 19.5 Å². The molecule has 9 heteroatoms. The second-order valence-corrected chi connectivity index (χ2v) is 7.31. The first kappa shape index (κ1) is 21.0. The van der Waals surface area contributed by atoms with Gasteiger partial charge in [0.2, 0.25) is 5.91 Å². The minimum atomic E-state index is -1.13. The fourth-order valence-corrected chi connectivity index (χ4v) is 3.81. The number of carbonyl (C=O) groups excluding carboxylic acids is 2. The minimum Gasteiger partial charge on any atom is -0.497 e. The standard InChI is InChI=1S/C23H21N3O6/c1-31-15-8-4-14(5-9-15)26-11-18(23(29)30)21-22(26)17(10-20(28)25-21)13-2-6-16(7-3-13)32-12-19(24)27/h2-9,11,17H,10,12H2,1H3,(H2,24,27)(H,25,28)(H,29,30)/t17-/m1/s1. The molecule has 0 aliphatic carbocycles. The number of hydrogen-bond donors (Lipinski definition) is 3. The smallest absolute Gasteiger partial charge is 0.339 e. The van der Waals surface area contributed by atoms with Crippen molar-refractivity contribution in [2.45, 2.75) is 12.3 Å². The van der Waals surface area contributed by atoms with Crippen LogP contribution in [0.1, 0.15) is 34.0 Å². The van der Waals surface area contributed by atoms with Crippen molar-refractivity contribution in [1.29, 1.82) is 0 Å². The van der Waals surface area contributed by atoms with E-state index >= 15 is 0 Å². The van der Waals surface area contributed by atoms with Gasteiger partial charge in [-0.15, -0.1) is 0 Å². The van der Waals surface area contributed by atoms with E-state index in [1.54, 1.807) is 48.1 Å². The number of rotatable bonds is 7. The number of nitrogens with zero attached hydrogens (tertiary/aromatic N) is 1. The summed E-state index contributed by atoms with van der Waals surface area (Å²) in [6, 6.07) is 14.1. The number of aromatic nitrogens is 1. The van der Waals surface area contributed by atoms with Gasteiger partial charge in [-0.05, 0) is 42.0 Å². The Balaban J connectivity index is 1.79. The van der Waals surface area contributed by atoms with Gasteiger partial charge in [0.05, 0.1) is 18.5 Å². The number of benzene rings is 2. The number of amides is 2. The second kappa shape index (κ2) is 8.46. The molecule has 4 rings (SSSR count). The quantitative estimate of drug-likeness (QED) is 0.522. The van der Waals surface area contributed by atoms with Crippen molar-refractivity contribution in [2.75, 3.05) is 19.0 Å². The minimum absolute atomic E-state index is 0.00952. The molecule has 0 fully saturated rings. The van der Waals surface area contributed by atoms with Crippen LogP contribution in [0.5, 0.6) is 11.5 Å². The lowest BCUT2D eigenvalue weighted by molar-refractivity contribution is -0.120. The first-order valence-electron chi connectivity index (χ1n) is 9.81. The Hall–Kier alpha value is -4.27. The maximum Gasteiger partial charge on any atom is 0.339 e. The lowest BCUT2D eigenvalue weighted by atomic mass is 9.88. The molecule has 9 nitrogen and oxygen atoms in total. The van der Waals surface area contributed by atoms with Crippen molar-refractivity contribution in [1.82, 2.24) is 4.57 Å². The van der Waals surface area contributed by atoms with E-state index in [-0.39, 0.29) is 36.1 Å². The zero-order chi connectivity index (χ0) is 22.8. The molecule has 0 unspecified atom stereocenters. The summed E-state index contributed by atoms with van der Waals surface area (Å²) in [7, 11) is 1.57. The third kappa shape index (κ3) is 4.00. The number of carbonyl (C=O) groups is 3. The third-order valence-electron chi connectivity index (χ3n) is 5.27. The number of anilines is 1. The molecule has 164 valence electrons. The molecule has 1 aliphatic rings. The highest BCUT2D eigenvalue weighted by Gasteiger charge is 2.34. The van der Waals surface area contributed by atoms with E-state index in [1.165, 1.54) is 6.20 Å². The van der Waals surface area contributed by atoms with Crippen LogP contribution >= 0.6 is 0 Å². The van der Waals surface area contributed by atoms with E-state index < -0.39 is 11.9 Å². The highest BCUT2D eigenvalue weighted by molar-refractivity contribution is 6.04. The average molecular weight is 435 g/mol. The molecule has 0 spiro atoms. The number of nitrogens with two attached hydrogens (primary N) is 1. The monoisotopic (exact) mass is 435 g/mol. The molecule has 4 N–H and O–H groups in total. The van der Waals surface area contributed by atoms with Crippen LogP contribution in [0.4, 0.5) is 5.69 Å². The normalized spacial score (nSPS) is 14.9. The lowest BCUT2D eigenvalue weighted by Crippen LogP contribution is -2.25. The molecule has 2 amide bonds. The summed E-state index contributed by atoms with van der Waals surface area (Å²) in [6.07, 6.45) is 1.66. The molecule has 0 bridgehead atoms. The summed E-state index contributed by atoms with van der Waals surface area (Å²) in [5.74, 6) is -1.24. The van der Waals surface area contributed by atoms with Crippen molar-refractivity contribution in [3.63, 3.8) is 0 Å². The number of hydrogen-bond acceptors (Lipinski definition) is 5. The Kier molecular flexibility index (Phi) is 5.55. The molecule has 0 saturated carbocycles. The number of methoxy groups -OCH3 is 1. The van der Waals surface area contributed by atoms with Crippen LogP contribution in [-0.4, -0.2) is 41.2 Å². The summed E-state index contributed by atoms with van der Waals surface area (Å²) >= 11 is 0. The van der Waals surface area contributed by atoms with Gasteiger partial charge in [0.25, 0.3) is 5.91 Å². The molecule has 0 radical (unpaired) electrons. The van der Waals surface area contributed by atoms with Crippen LogP contribution < -0.4 is 20.5 Å². The molecular weight excluding hydrogens is 414 g/mol. The number of nitrogens with one attached hydrogen (secondary N) is 1. The third-order valence-corrected chi connectivity index (χ3v) is 5.27. The topological polar surface area (TPSA) is 133 Å². The number of carboxylic acid groups (broad SMARTS) is 1. The molecule has 1 aromatic heterocycles. The Morgan fingerprint density at radius 3 is 2.38 bits per heavy atom. The van der Waals surface area contributed by atoms with Crippen molar-refractivity contribution < 1.29 is 29.0 Å². The second-order valence-electron chi connectivity index (χ2n) is 7.31. The first-order valence-corrected chi connectivity index (χ1v) is 9.81. The fraction of sp³-hybridized carbons (Fsp3) is 0.174. The first-order chi connectivity index (χ1) is 15.4. The molecule has 1 atom stereocenters. The van der Waals surface area contributed by atoms with Crippen LogP contribution in [0.3, 0.4) is 0 Å². The van der Waals surface area contributed by atoms with E-state index in [4.69, 9.17) is 15.2 Å². The number of ether oxygens (including phenoxy) is 2. The highest BCUT2D eigenvalue weighted by Crippen LogP contribution is 2.42. The zero-order valence-corrected chi connectivity index (χ0v) is 17.2. The van der Waals surface area contributed by atoms with Crippen LogP contribution in [0, 0.1) is 0 Å². The van der Waals surface area contributed by atoms with Gasteiger partial charge in [0.1, 0.15) is 17.1 Å². The molecule has 2 aromatic carbocycles. The molecule has 1 aliphatic heterocycles. The van der Waals surface area contributed by atoms with Gasteiger partial charge in [0, 0.05) is 24.2 Å². The summed E-state index contributed by atoms with van der Waals surface area (Å²) in [5, 5.41) is 12.5. The Bertz CT molecular complexity index is 1180. The van der Waals surface area contributed by atoms with E-state index in [2.05, 4.69) is 5.32 Å². The molecule has 2 heterocycles. The number of primary amides is 1. The van der Waals surface area contributed by atoms with Gasteiger partial charge in [-0.3, -0.25) is 9.59 Å². The van der Waals surface area contributed by atoms with Gasteiger partial charge < -0.3 is 30.2 Å². The van der Waals surface area contributed by atoms with Crippen molar-refractivity contribution in [3.05, 3.63) is 71.5 Å². The predicted molar refractivity (Wildman–Crippen MR) is 116 cm³/mol. The van der Waals surface area contributed by atoms with Crippen molar-refractivity contribution in [2.24, 2.45) is 5.73 Å². The van der Waals surface area contributed by atoms with E-state index in [0.717, 1.165) is 11.3 Å². The fourth-order valence-electron chi connectivity index (χ4n) is 3.81. The summed E-state index contributed by atoms with van der Waals surface area (Å²) < 4.78 is 12.3. The zero-order valence-electron chi connectivity index (χ0n) is 17.2. The van der Waals surface area contributed by atoms with E-state index in [0.29, 0.717) is 17.2 Å². The van der Waals surface area contributed by atoms with Crippen LogP contribution in [0.25, 0.3) is 5.69 Å². The Morgan fingerprint density at radius 1 is 1.12 bits per heavy atom. The number of carboxylic acids is 1. The van der Waals surface area contributed by atoms with Gasteiger partial charge in [-0.2, -0.15) is 0 Å². The average Bonchev–Trinajstić information content (AvgIpc) is 3.17. The number of fused-ring (bicyclic) bond motifs is 1. The largest absolute Gasteiger partial charge is 0.497 e. The maximum absolute atomic E-state index is 12.5. The van der Waals surface area contributed by atoms with Crippen LogP contribution in [0.2, 0.25) is 0 Å². The van der Waals surface area contributed by atoms with Crippen molar-refractivity contribution in [3.8, 4) is 17.2 Å². The number of aromatic carboxylic acids is 1. The molecule has 0 saturated heterocycles. The Labute approximate surface area is 183 Å². The van der Waals surface area contributed by atoms with Crippen LogP contribution in [-0.2, 0) is 9.59 Å². The summed E-state index contributed by atoms with van der Waals surface area (Å²) in [6.45, 7) is -0.238. The van der Waals surface area contributed by atoms with Gasteiger partial charge in [-0.1, -0.05) is 12.1 Å². The lowest BCUT2D eigenvalue weighted by Gasteiger charge is -2.26. The van der Waals surface area contributed by atoms with Crippen molar-refractivity contribution >= 4 is 23.5 Å². The highest BCUT2D eigenvalue weighted by atomic mass is 16.5.